The van der Waals surface area contributed by atoms with Crippen LogP contribution in [-0.2, 0) is 13.1 Å². The number of nitrogens with zero attached hydrogens (tertiary/aromatic N) is 6. The first kappa shape index (κ1) is 27.0. The Kier molecular flexibility index (Phi) is 5.58. The molecule has 8 aliphatic heterocycles. The SMILES string of the molecule is [BH3-][N+]12CCC(CC1)C1(Cn3c(nc4cc(OC)ccc43)O1)C2.[BH3-][N+]12CCC(CC1)C1(Cn3c(nc4ccc(OC)cc43)O1)C2. The highest BCUT2D eigenvalue weighted by Gasteiger charge is 2.57. The Labute approximate surface area is 259 Å². The molecule has 10 nitrogen and oxygen atoms in total. The zero-order valence-electron chi connectivity index (χ0n) is 24.4. The van der Waals surface area contributed by atoms with E-state index in [1.165, 1.54) is 79.3 Å². The number of rotatable bonds is 2. The summed E-state index contributed by atoms with van der Waals surface area (Å²) in [5, 5.41) is 0. The van der Waals surface area contributed by atoms with E-state index in [9.17, 15) is 0 Å². The maximum absolute atomic E-state index is 6.53. The molecular weight excluding hydrogens is 554 g/mol. The molecule has 12 rings (SSSR count). The Hall–Kier alpha value is -3.37. The van der Waals surface area contributed by atoms with Gasteiger partial charge in [-0.1, -0.05) is 0 Å². The molecule has 44 heavy (non-hydrogen) atoms. The fraction of sp³-hybridized carbons (Fsp3) is 0.562. The zero-order chi connectivity index (χ0) is 29.9. The van der Waals surface area contributed by atoms with Gasteiger partial charge in [-0.15, -0.1) is 0 Å². The highest BCUT2D eigenvalue weighted by molar-refractivity contribution is 5.97. The first-order valence-corrected chi connectivity index (χ1v) is 15.5. The third kappa shape index (κ3) is 3.89. The lowest BCUT2D eigenvalue weighted by atomic mass is 9.71. The van der Waals surface area contributed by atoms with E-state index in [1.54, 1.807) is 14.2 Å². The summed E-state index contributed by atoms with van der Waals surface area (Å²) in [6, 6.07) is 13.9. The summed E-state index contributed by atoms with van der Waals surface area (Å²) < 4.78 is 31.1. The molecule has 0 amide bonds. The van der Waals surface area contributed by atoms with E-state index >= 15 is 0 Å². The van der Waals surface area contributed by atoms with Crippen LogP contribution in [0, 0.1) is 11.8 Å². The predicted octanol–water partition coefficient (Wildman–Crippen LogP) is 1.39. The van der Waals surface area contributed by atoms with Gasteiger partial charge in [0.1, 0.15) is 11.5 Å². The minimum absolute atomic E-state index is 0.0256. The molecule has 2 unspecified atom stereocenters. The molecule has 0 aliphatic carbocycles. The lowest BCUT2D eigenvalue weighted by molar-refractivity contribution is -0.845. The molecule has 2 aromatic carbocycles. The normalized spacial score (nSPS) is 35.8. The summed E-state index contributed by atoms with van der Waals surface area (Å²) in [7, 11) is 4.03. The molecule has 8 aliphatic rings. The van der Waals surface area contributed by atoms with Gasteiger partial charge in [0.2, 0.25) is 0 Å². The summed E-state index contributed by atoms with van der Waals surface area (Å²) in [4.78, 5) is 9.46. The second kappa shape index (κ2) is 9.10. The topological polar surface area (TPSA) is 72.6 Å². The lowest BCUT2D eigenvalue weighted by Crippen LogP contribution is -2.70. The van der Waals surface area contributed by atoms with Crippen LogP contribution in [0.2, 0.25) is 0 Å². The number of hydrogen-bond acceptors (Lipinski definition) is 6. The summed E-state index contributed by atoms with van der Waals surface area (Å²) in [5.41, 5.74) is 4.38. The van der Waals surface area contributed by atoms with Crippen LogP contribution in [0.4, 0.5) is 0 Å². The smallest absolute Gasteiger partial charge is 0.298 e. The summed E-state index contributed by atoms with van der Waals surface area (Å²) in [6.07, 6.45) is 5.38. The third-order valence-electron chi connectivity index (χ3n) is 10.9. The number of ether oxygens (including phenoxy) is 4. The number of quaternary nitrogens is 2. The van der Waals surface area contributed by atoms with Gasteiger partial charge in [-0.05, 0) is 49.9 Å². The molecule has 2 aromatic heterocycles. The van der Waals surface area contributed by atoms with Crippen LogP contribution in [0.1, 0.15) is 25.7 Å². The molecule has 12 heteroatoms. The van der Waals surface area contributed by atoms with Crippen LogP contribution >= 0.6 is 0 Å². The Bertz CT molecular complexity index is 1790. The van der Waals surface area contributed by atoms with Crippen LogP contribution in [0.3, 0.4) is 0 Å². The van der Waals surface area contributed by atoms with Gasteiger partial charge < -0.3 is 27.7 Å². The van der Waals surface area contributed by atoms with E-state index in [2.05, 4.69) is 21.3 Å². The monoisotopic (exact) mass is 598 g/mol. The first-order chi connectivity index (χ1) is 21.2. The van der Waals surface area contributed by atoms with Gasteiger partial charge in [-0.25, -0.2) is 0 Å². The maximum Gasteiger partial charge on any atom is 0.298 e. The average Bonchev–Trinajstić information content (AvgIpc) is 3.73. The van der Waals surface area contributed by atoms with Crippen LogP contribution in [-0.4, -0.2) is 109 Å². The fourth-order valence-electron chi connectivity index (χ4n) is 8.69. The fourth-order valence-corrected chi connectivity index (χ4v) is 8.69. The molecule has 0 radical (unpaired) electrons. The van der Waals surface area contributed by atoms with Crippen molar-refractivity contribution >= 4 is 38.0 Å². The third-order valence-corrected chi connectivity index (χ3v) is 10.9. The summed E-state index contributed by atoms with van der Waals surface area (Å²) >= 11 is 0. The second-order valence-electron chi connectivity index (χ2n) is 13.1. The molecule has 4 aromatic rings. The summed E-state index contributed by atoms with van der Waals surface area (Å²) in [6.45, 7) is 10.1. The minimum atomic E-state index is 0.0256. The number of piperidine rings is 6. The molecule has 232 valence electrons. The Morgan fingerprint density at radius 1 is 0.705 bits per heavy atom. The summed E-state index contributed by atoms with van der Waals surface area (Å²) in [5.74, 6) is 3.19. The number of methoxy groups -OCH3 is 2. The zero-order valence-corrected chi connectivity index (χ0v) is 24.4. The van der Waals surface area contributed by atoms with Gasteiger partial charge in [0.15, 0.2) is 27.2 Å². The van der Waals surface area contributed by atoms with Crippen LogP contribution in [0.5, 0.6) is 23.5 Å². The number of fused-ring (bicyclic) bond motifs is 10. The van der Waals surface area contributed by atoms with Crippen LogP contribution < -0.4 is 18.9 Å². The van der Waals surface area contributed by atoms with Gasteiger partial charge in [0.05, 0.1) is 62.5 Å². The molecule has 0 saturated carbocycles. The van der Waals surface area contributed by atoms with Crippen LogP contribution in [0.15, 0.2) is 36.4 Å². The van der Waals surface area contributed by atoms with Gasteiger partial charge in [0, 0.05) is 50.1 Å². The van der Waals surface area contributed by atoms with E-state index in [0.717, 1.165) is 59.1 Å². The predicted molar refractivity (Wildman–Crippen MR) is 174 cm³/mol. The van der Waals surface area contributed by atoms with Crippen molar-refractivity contribution in [2.45, 2.75) is 50.0 Å². The van der Waals surface area contributed by atoms with Crippen molar-refractivity contribution in [1.29, 1.82) is 0 Å². The average molecular weight is 598 g/mol. The molecule has 10 heterocycles. The Balaban J connectivity index is 0.000000123. The van der Waals surface area contributed by atoms with Crippen molar-refractivity contribution in [1.82, 2.24) is 19.1 Å². The lowest BCUT2D eigenvalue weighted by Gasteiger charge is -2.60. The van der Waals surface area contributed by atoms with Crippen molar-refractivity contribution in [2.24, 2.45) is 11.8 Å². The molecule has 2 atom stereocenters. The molecule has 0 N–H and O–H groups in total. The largest absolute Gasteiger partial charge is 0.519 e. The van der Waals surface area contributed by atoms with Gasteiger partial charge in [-0.2, -0.15) is 9.97 Å². The van der Waals surface area contributed by atoms with Crippen molar-refractivity contribution in [2.75, 3.05) is 53.5 Å². The van der Waals surface area contributed by atoms with Crippen molar-refractivity contribution in [3.8, 4) is 23.5 Å². The number of aromatic nitrogens is 4. The molecular formula is C32H44B2N6O4. The van der Waals surface area contributed by atoms with E-state index in [0.29, 0.717) is 21.9 Å². The second-order valence-corrected chi connectivity index (χ2v) is 13.1. The molecule has 6 fully saturated rings. The highest BCUT2D eigenvalue weighted by Crippen LogP contribution is 2.48. The molecule has 4 bridgehead atoms. The van der Waals surface area contributed by atoms with Crippen LogP contribution in [0.25, 0.3) is 22.1 Å². The van der Waals surface area contributed by atoms with Gasteiger partial charge >= 0.3 is 0 Å². The molecule has 6 saturated heterocycles. The van der Waals surface area contributed by atoms with E-state index in [1.807, 2.05) is 24.3 Å². The molecule has 2 spiro atoms. The van der Waals surface area contributed by atoms with Gasteiger partial charge in [-0.3, -0.25) is 9.13 Å². The number of imidazole rings is 2. The van der Waals surface area contributed by atoms with Crippen molar-refractivity contribution in [3.63, 3.8) is 0 Å². The highest BCUT2D eigenvalue weighted by atomic mass is 16.5. The standard InChI is InChI=1S/2C16H22BN3O2/c1-21-12-2-3-14-13(8-12)18-15-19(14)9-16(22-15)10-20(17)6-4-11(16)5-7-20;1-21-12-2-3-13-14(8-12)19-9-16(22-15(19)18-13)10-20(17)6-4-11(16)5-7-20/h2*2-3,8,11H,4-7,9-10H2,1,17H3. The van der Waals surface area contributed by atoms with Crippen molar-refractivity contribution in [3.05, 3.63) is 36.4 Å². The van der Waals surface area contributed by atoms with Crippen molar-refractivity contribution < 1.29 is 27.7 Å². The number of hydrogen-bond donors (Lipinski definition) is 0. The van der Waals surface area contributed by atoms with E-state index in [4.69, 9.17) is 28.9 Å². The first-order valence-electron chi connectivity index (χ1n) is 15.5. The Morgan fingerprint density at radius 2 is 1.20 bits per heavy atom. The number of benzene rings is 2. The maximum atomic E-state index is 6.53. The quantitative estimate of drug-likeness (QED) is 0.325. The Morgan fingerprint density at radius 3 is 1.75 bits per heavy atom. The van der Waals surface area contributed by atoms with E-state index in [-0.39, 0.29) is 11.2 Å². The minimum Gasteiger partial charge on any atom is -0.519 e. The van der Waals surface area contributed by atoms with Gasteiger partial charge in [0.25, 0.3) is 12.0 Å². The van der Waals surface area contributed by atoms with E-state index < -0.39 is 0 Å².